The molecule has 0 bridgehead atoms. The lowest BCUT2D eigenvalue weighted by Gasteiger charge is -2.20. The Morgan fingerprint density at radius 3 is 2.82 bits per heavy atom. The Bertz CT molecular complexity index is 479. The van der Waals surface area contributed by atoms with Crippen LogP contribution in [0.3, 0.4) is 0 Å². The second-order valence-corrected chi connectivity index (χ2v) is 3.75. The molecular weight excluding hydrogens is 220 g/mol. The molecule has 0 fully saturated rings. The normalized spacial score (nSPS) is 12.7. The first-order valence-electron chi connectivity index (χ1n) is 5.24. The van der Waals surface area contributed by atoms with Gasteiger partial charge in [0.25, 0.3) is 0 Å². The van der Waals surface area contributed by atoms with E-state index in [1.807, 2.05) is 18.2 Å². The van der Waals surface area contributed by atoms with Gasteiger partial charge in [0.2, 0.25) is 0 Å². The van der Waals surface area contributed by atoms with E-state index in [1.54, 1.807) is 13.1 Å². The fraction of sp³-hybridized carbons (Fsp3) is 0.333. The summed E-state index contributed by atoms with van der Waals surface area (Å²) in [5.41, 5.74) is 0.903. The van der Waals surface area contributed by atoms with Gasteiger partial charge in [-0.15, -0.1) is 0 Å². The fourth-order valence-corrected chi connectivity index (χ4v) is 1.62. The Balaban J connectivity index is 2.12. The third-order valence-electron chi connectivity index (χ3n) is 2.47. The van der Waals surface area contributed by atoms with Crippen LogP contribution >= 0.6 is 0 Å². The Labute approximate surface area is 99.2 Å². The molecule has 88 valence electrons. The van der Waals surface area contributed by atoms with E-state index < -0.39 is 5.91 Å². The number of ether oxygens (including phenoxy) is 2. The van der Waals surface area contributed by atoms with Gasteiger partial charge in [0.15, 0.2) is 17.6 Å². The van der Waals surface area contributed by atoms with Crippen molar-refractivity contribution < 1.29 is 14.3 Å². The second-order valence-electron chi connectivity index (χ2n) is 3.75. The van der Waals surface area contributed by atoms with Crippen LogP contribution in [0.1, 0.15) is 5.56 Å². The summed E-state index contributed by atoms with van der Waals surface area (Å²) in [6.07, 6.45) is 0. The molecule has 0 spiro atoms. The van der Waals surface area contributed by atoms with Gasteiger partial charge in [-0.25, -0.2) is 0 Å². The smallest absolute Gasteiger partial charge is 0.325 e. The van der Waals surface area contributed by atoms with E-state index in [1.165, 1.54) is 4.90 Å². The molecule has 2 rings (SSSR count). The maximum atomic E-state index is 11.1. The monoisotopic (exact) mass is 232 g/mol. The molecule has 1 aliphatic rings. The fourth-order valence-electron chi connectivity index (χ4n) is 1.62. The maximum Gasteiger partial charge on any atom is 0.325 e. The van der Waals surface area contributed by atoms with Crippen molar-refractivity contribution in [2.45, 2.75) is 6.54 Å². The van der Waals surface area contributed by atoms with Crippen molar-refractivity contribution in [2.24, 2.45) is 0 Å². The Morgan fingerprint density at radius 2 is 2.12 bits per heavy atom. The highest BCUT2D eigenvalue weighted by Crippen LogP contribution is 2.30. The number of fused-ring (bicyclic) bond motifs is 1. The third-order valence-corrected chi connectivity index (χ3v) is 2.47. The molecule has 17 heavy (non-hydrogen) atoms. The van der Waals surface area contributed by atoms with Crippen molar-refractivity contribution in [1.29, 1.82) is 5.26 Å². The molecule has 5 nitrogen and oxygen atoms in total. The van der Waals surface area contributed by atoms with Crippen molar-refractivity contribution in [3.05, 3.63) is 23.8 Å². The Hall–Kier alpha value is -2.22. The van der Waals surface area contributed by atoms with E-state index in [2.05, 4.69) is 0 Å². The summed E-state index contributed by atoms with van der Waals surface area (Å²) in [4.78, 5) is 12.5. The summed E-state index contributed by atoms with van der Waals surface area (Å²) in [5.74, 6) is 0.848. The van der Waals surface area contributed by atoms with Crippen molar-refractivity contribution >= 4 is 5.91 Å². The van der Waals surface area contributed by atoms with Crippen LogP contribution < -0.4 is 9.47 Å². The van der Waals surface area contributed by atoms with E-state index >= 15 is 0 Å². The molecule has 1 heterocycles. The standard InChI is InChI=1S/C12H12N2O3/c1-14(12(15)7-13)8-9-2-3-10-11(6-9)17-5-4-16-10/h2-3,6H,4-5,8H2,1H3. The summed E-state index contributed by atoms with van der Waals surface area (Å²) in [5, 5.41) is 8.49. The predicted octanol–water partition coefficient (Wildman–Crippen LogP) is 0.940. The minimum Gasteiger partial charge on any atom is -0.486 e. The first-order chi connectivity index (χ1) is 8.20. The maximum absolute atomic E-state index is 11.1. The first kappa shape index (κ1) is 11.3. The second kappa shape index (κ2) is 4.74. The number of rotatable bonds is 2. The largest absolute Gasteiger partial charge is 0.486 e. The third kappa shape index (κ3) is 2.48. The minimum atomic E-state index is -0.556. The van der Waals surface area contributed by atoms with Gasteiger partial charge >= 0.3 is 5.91 Å². The topological polar surface area (TPSA) is 62.6 Å². The van der Waals surface area contributed by atoms with E-state index in [4.69, 9.17) is 14.7 Å². The van der Waals surface area contributed by atoms with Crippen molar-refractivity contribution in [2.75, 3.05) is 20.3 Å². The molecule has 1 amide bonds. The molecule has 0 atom stereocenters. The van der Waals surface area contributed by atoms with Crippen LogP contribution in [-0.2, 0) is 11.3 Å². The molecule has 0 saturated heterocycles. The number of nitriles is 1. The highest BCUT2D eigenvalue weighted by molar-refractivity contribution is 5.90. The quantitative estimate of drug-likeness (QED) is 0.712. The average molecular weight is 232 g/mol. The van der Waals surface area contributed by atoms with Crippen LogP contribution in [-0.4, -0.2) is 31.1 Å². The molecule has 1 aliphatic heterocycles. The lowest BCUT2D eigenvalue weighted by molar-refractivity contribution is -0.124. The van der Waals surface area contributed by atoms with Crippen LogP contribution in [0, 0.1) is 11.3 Å². The van der Waals surface area contributed by atoms with Gasteiger partial charge in [0, 0.05) is 13.6 Å². The summed E-state index contributed by atoms with van der Waals surface area (Å²) in [6.45, 7) is 1.46. The number of carbonyl (C=O) groups is 1. The summed E-state index contributed by atoms with van der Waals surface area (Å²) < 4.78 is 10.8. The number of benzene rings is 1. The highest BCUT2D eigenvalue weighted by atomic mass is 16.6. The van der Waals surface area contributed by atoms with Crippen molar-refractivity contribution in [1.82, 2.24) is 4.90 Å². The van der Waals surface area contributed by atoms with Crippen LogP contribution in [0.2, 0.25) is 0 Å². The SMILES string of the molecule is CN(Cc1ccc2c(c1)OCCO2)C(=O)C#N. The molecule has 0 radical (unpaired) electrons. The molecule has 0 N–H and O–H groups in total. The average Bonchev–Trinajstić information content (AvgIpc) is 2.37. The molecule has 0 aliphatic carbocycles. The number of hydrogen-bond acceptors (Lipinski definition) is 4. The Morgan fingerprint density at radius 1 is 1.41 bits per heavy atom. The van der Waals surface area contributed by atoms with Gasteiger partial charge < -0.3 is 14.4 Å². The van der Waals surface area contributed by atoms with Crippen LogP contribution in [0.4, 0.5) is 0 Å². The van der Waals surface area contributed by atoms with Crippen LogP contribution in [0.5, 0.6) is 11.5 Å². The van der Waals surface area contributed by atoms with E-state index in [0.717, 1.165) is 5.56 Å². The summed E-state index contributed by atoms with van der Waals surface area (Å²) >= 11 is 0. The predicted molar refractivity (Wildman–Crippen MR) is 59.5 cm³/mol. The minimum absolute atomic E-state index is 0.378. The molecule has 0 unspecified atom stereocenters. The van der Waals surface area contributed by atoms with E-state index in [9.17, 15) is 4.79 Å². The zero-order valence-electron chi connectivity index (χ0n) is 9.47. The van der Waals surface area contributed by atoms with Gasteiger partial charge in [-0.05, 0) is 17.7 Å². The number of nitrogens with zero attached hydrogens (tertiary/aromatic N) is 2. The molecular formula is C12H12N2O3. The molecule has 0 aromatic heterocycles. The molecule has 1 aromatic carbocycles. The number of hydrogen-bond donors (Lipinski definition) is 0. The summed E-state index contributed by atoms with van der Waals surface area (Å²) in [7, 11) is 1.59. The zero-order chi connectivity index (χ0) is 12.3. The van der Waals surface area contributed by atoms with Crippen molar-refractivity contribution in [3.8, 4) is 17.6 Å². The lowest BCUT2D eigenvalue weighted by Crippen LogP contribution is -2.24. The van der Waals surface area contributed by atoms with Gasteiger partial charge in [-0.3, -0.25) is 4.79 Å². The number of carbonyl (C=O) groups excluding carboxylic acids is 1. The lowest BCUT2D eigenvalue weighted by atomic mass is 10.2. The van der Waals surface area contributed by atoms with Gasteiger partial charge in [-0.1, -0.05) is 6.07 Å². The van der Waals surface area contributed by atoms with Gasteiger partial charge in [-0.2, -0.15) is 5.26 Å². The van der Waals surface area contributed by atoms with E-state index in [-0.39, 0.29) is 0 Å². The van der Waals surface area contributed by atoms with Gasteiger partial charge in [0.1, 0.15) is 13.2 Å². The molecule has 1 aromatic rings. The first-order valence-corrected chi connectivity index (χ1v) is 5.24. The van der Waals surface area contributed by atoms with Crippen LogP contribution in [0.15, 0.2) is 18.2 Å². The summed E-state index contributed by atoms with van der Waals surface area (Å²) in [6, 6.07) is 7.08. The van der Waals surface area contributed by atoms with Crippen LogP contribution in [0.25, 0.3) is 0 Å². The zero-order valence-corrected chi connectivity index (χ0v) is 9.47. The van der Waals surface area contributed by atoms with Gasteiger partial charge in [0.05, 0.1) is 0 Å². The molecule has 0 saturated carbocycles. The molecule has 5 heteroatoms. The van der Waals surface area contributed by atoms with E-state index in [0.29, 0.717) is 31.3 Å². The van der Waals surface area contributed by atoms with Crippen molar-refractivity contribution in [3.63, 3.8) is 0 Å². The number of amides is 1. The Kier molecular flexibility index (Phi) is 3.15. The highest BCUT2D eigenvalue weighted by Gasteiger charge is 2.13.